The number of aromatic nitrogens is 3. The molecule has 15 heteroatoms. The highest BCUT2D eigenvalue weighted by atomic mass is 19.4. The van der Waals surface area contributed by atoms with E-state index in [-0.39, 0.29) is 66.4 Å². The molecule has 5 atom stereocenters. The van der Waals surface area contributed by atoms with Crippen LogP contribution < -0.4 is 25.4 Å². The standard InChI is InChI=1S/C31H33F6N7O2/c1-14-9-19(38)40-25(22(14)31(35,36)37)20-23(33)26-21-27(24(20)34)45-8-5-18-17-4-3-16(39-17)12-44(18)28(21)42-29(41-26)46-13-30-6-2-7-43(30)11-15(32)10-30/h9,15-18,39H,2-8,10-13H2,1H3,(H2,38,40)/t15-,16+,17?,18?,30+/m1/s1. The molecule has 5 aliphatic heterocycles. The van der Waals surface area contributed by atoms with Crippen LogP contribution in [0.15, 0.2) is 6.07 Å². The van der Waals surface area contributed by atoms with Gasteiger partial charge in [0.15, 0.2) is 17.4 Å². The smallest absolute Gasteiger partial charge is 0.418 e. The van der Waals surface area contributed by atoms with Gasteiger partial charge in [-0.25, -0.2) is 18.2 Å². The molecule has 0 amide bonds. The van der Waals surface area contributed by atoms with Crippen LogP contribution in [0.3, 0.4) is 0 Å². The SMILES string of the molecule is Cc1cc(N)nc(-c2c(F)c3c4c(nc(OC[C@@]56CCCN5C[C@H](F)C6)nc4c2F)N2C[C@@H]4CCC(N4)C2CCO3)c1C(F)(F)F. The lowest BCUT2D eigenvalue weighted by atomic mass is 9.95. The summed E-state index contributed by atoms with van der Waals surface area (Å²) in [5, 5.41) is 3.51. The molecule has 8 rings (SSSR count). The van der Waals surface area contributed by atoms with E-state index >= 15 is 8.78 Å². The fourth-order valence-corrected chi connectivity index (χ4v) is 8.50. The largest absolute Gasteiger partial charge is 0.490 e. The summed E-state index contributed by atoms with van der Waals surface area (Å²) in [5.41, 5.74) is 1.09. The van der Waals surface area contributed by atoms with Crippen LogP contribution >= 0.6 is 0 Å². The zero-order valence-electron chi connectivity index (χ0n) is 25.1. The predicted molar refractivity (Wildman–Crippen MR) is 157 cm³/mol. The number of pyridine rings is 1. The van der Waals surface area contributed by atoms with E-state index in [4.69, 9.17) is 20.2 Å². The third-order valence-corrected chi connectivity index (χ3v) is 10.4. The van der Waals surface area contributed by atoms with Gasteiger partial charge < -0.3 is 25.4 Å². The van der Waals surface area contributed by atoms with Crippen LogP contribution in [0.2, 0.25) is 0 Å². The summed E-state index contributed by atoms with van der Waals surface area (Å²) in [6.45, 7) is 2.74. The van der Waals surface area contributed by atoms with Crippen LogP contribution in [0.1, 0.15) is 49.7 Å². The molecule has 2 aromatic heterocycles. The molecule has 1 aromatic carbocycles. The molecule has 2 unspecified atom stereocenters. The lowest BCUT2D eigenvalue weighted by Crippen LogP contribution is -2.59. The van der Waals surface area contributed by atoms with Gasteiger partial charge in [0.2, 0.25) is 0 Å². The molecule has 2 bridgehead atoms. The van der Waals surface area contributed by atoms with Gasteiger partial charge in [0.1, 0.15) is 29.9 Å². The normalized spacial score (nSPS) is 29.0. The first-order chi connectivity index (χ1) is 21.9. The van der Waals surface area contributed by atoms with Crippen molar-refractivity contribution in [3.05, 3.63) is 28.8 Å². The van der Waals surface area contributed by atoms with Crippen molar-refractivity contribution in [1.29, 1.82) is 0 Å². The monoisotopic (exact) mass is 649 g/mol. The van der Waals surface area contributed by atoms with E-state index in [0.29, 0.717) is 25.9 Å². The molecule has 3 aromatic rings. The second-order valence-corrected chi connectivity index (χ2v) is 13.2. The van der Waals surface area contributed by atoms with E-state index in [1.54, 1.807) is 0 Å². The number of alkyl halides is 4. The number of hydrogen-bond donors (Lipinski definition) is 2. The zero-order valence-corrected chi connectivity index (χ0v) is 25.1. The molecule has 3 N–H and O–H groups in total. The van der Waals surface area contributed by atoms with Crippen LogP contribution in [0.4, 0.5) is 38.0 Å². The molecular formula is C31H33F6N7O2. The fraction of sp³-hybridized carbons (Fsp3) is 0.581. The highest BCUT2D eigenvalue weighted by molar-refractivity contribution is 5.99. The third kappa shape index (κ3) is 4.55. The highest BCUT2D eigenvalue weighted by Gasteiger charge is 2.50. The number of nitrogens with zero attached hydrogens (tertiary/aromatic N) is 5. The van der Waals surface area contributed by atoms with Crippen LogP contribution in [0, 0.1) is 18.6 Å². The van der Waals surface area contributed by atoms with Gasteiger partial charge in [0.25, 0.3) is 0 Å². The quantitative estimate of drug-likeness (QED) is 0.382. The van der Waals surface area contributed by atoms with Crippen LogP contribution in [0.25, 0.3) is 22.2 Å². The Balaban J connectivity index is 1.35. The van der Waals surface area contributed by atoms with Crippen molar-refractivity contribution in [2.75, 3.05) is 43.5 Å². The van der Waals surface area contributed by atoms with E-state index < -0.39 is 57.6 Å². The van der Waals surface area contributed by atoms with Crippen molar-refractivity contribution in [1.82, 2.24) is 25.2 Å². The number of anilines is 2. The van der Waals surface area contributed by atoms with Crippen molar-refractivity contribution >= 4 is 22.5 Å². The molecule has 9 nitrogen and oxygen atoms in total. The van der Waals surface area contributed by atoms with Gasteiger partial charge in [-0.05, 0) is 50.8 Å². The third-order valence-electron chi connectivity index (χ3n) is 10.4. The number of hydrogen-bond acceptors (Lipinski definition) is 9. The average molecular weight is 650 g/mol. The molecule has 4 saturated heterocycles. The maximum atomic E-state index is 16.8. The summed E-state index contributed by atoms with van der Waals surface area (Å²) >= 11 is 0. The van der Waals surface area contributed by atoms with E-state index in [2.05, 4.69) is 20.2 Å². The van der Waals surface area contributed by atoms with Crippen LogP contribution in [-0.2, 0) is 6.18 Å². The summed E-state index contributed by atoms with van der Waals surface area (Å²) in [7, 11) is 0. The first-order valence-corrected chi connectivity index (χ1v) is 15.7. The fourth-order valence-electron chi connectivity index (χ4n) is 8.50. The number of rotatable bonds is 4. The Hall–Kier alpha value is -3.59. The molecule has 46 heavy (non-hydrogen) atoms. The van der Waals surface area contributed by atoms with Crippen molar-refractivity contribution < 1.29 is 35.8 Å². The number of fused-ring (bicyclic) bond motifs is 6. The molecule has 0 saturated carbocycles. The average Bonchev–Trinajstić information content (AvgIpc) is 3.64. The minimum absolute atomic E-state index is 0.0249. The predicted octanol–water partition coefficient (Wildman–Crippen LogP) is 4.93. The van der Waals surface area contributed by atoms with E-state index in [1.165, 1.54) is 0 Å². The summed E-state index contributed by atoms with van der Waals surface area (Å²) in [5.74, 6) is -3.31. The number of benzene rings is 1. The maximum absolute atomic E-state index is 16.8. The molecule has 5 aliphatic rings. The highest BCUT2D eigenvalue weighted by Crippen LogP contribution is 2.49. The lowest BCUT2D eigenvalue weighted by Gasteiger charge is -2.43. The number of nitrogen functional groups attached to an aromatic ring is 1. The Labute approximate surface area is 260 Å². The topological polar surface area (TPSA) is 102 Å². The van der Waals surface area contributed by atoms with E-state index in [0.717, 1.165) is 38.8 Å². The van der Waals surface area contributed by atoms with Gasteiger partial charge in [-0.1, -0.05) is 0 Å². The van der Waals surface area contributed by atoms with Gasteiger partial charge in [0.05, 0.1) is 34.4 Å². The van der Waals surface area contributed by atoms with Gasteiger partial charge in [-0.15, -0.1) is 0 Å². The Bertz CT molecular complexity index is 1740. The summed E-state index contributed by atoms with van der Waals surface area (Å²) in [6, 6.07) is 0.858. The van der Waals surface area contributed by atoms with Crippen molar-refractivity contribution in [2.45, 2.75) is 81.5 Å². The molecule has 0 spiro atoms. The Morgan fingerprint density at radius 3 is 2.76 bits per heavy atom. The van der Waals surface area contributed by atoms with Crippen molar-refractivity contribution in [2.24, 2.45) is 0 Å². The van der Waals surface area contributed by atoms with Gasteiger partial charge in [0, 0.05) is 44.1 Å². The molecule has 246 valence electrons. The first-order valence-electron chi connectivity index (χ1n) is 15.7. The van der Waals surface area contributed by atoms with E-state index in [9.17, 15) is 17.6 Å². The second kappa shape index (κ2) is 10.5. The Kier molecular flexibility index (Phi) is 6.77. The van der Waals surface area contributed by atoms with Crippen molar-refractivity contribution in [3.63, 3.8) is 0 Å². The van der Waals surface area contributed by atoms with Gasteiger partial charge >= 0.3 is 12.2 Å². The number of nitrogens with one attached hydrogen (secondary N) is 1. The number of nitrogens with two attached hydrogens (primary N) is 1. The number of halogens is 6. The molecular weight excluding hydrogens is 616 g/mol. The summed E-state index contributed by atoms with van der Waals surface area (Å²) < 4.78 is 103. The minimum atomic E-state index is -5.00. The van der Waals surface area contributed by atoms with Gasteiger partial charge in [-0.3, -0.25) is 4.90 Å². The number of aryl methyl sites for hydroxylation is 1. The number of piperazine rings is 1. The molecule has 7 heterocycles. The Morgan fingerprint density at radius 1 is 1.13 bits per heavy atom. The van der Waals surface area contributed by atoms with Crippen LogP contribution in [-0.4, -0.2) is 82.5 Å². The number of ether oxygens (including phenoxy) is 2. The lowest BCUT2D eigenvalue weighted by molar-refractivity contribution is -0.137. The van der Waals surface area contributed by atoms with Crippen LogP contribution in [0.5, 0.6) is 11.8 Å². The first kappa shape index (κ1) is 29.8. The molecule has 0 aliphatic carbocycles. The summed E-state index contributed by atoms with van der Waals surface area (Å²) in [4.78, 5) is 16.9. The molecule has 4 fully saturated rings. The molecule has 0 radical (unpaired) electrons. The van der Waals surface area contributed by atoms with Crippen molar-refractivity contribution in [3.8, 4) is 23.0 Å². The maximum Gasteiger partial charge on any atom is 0.418 e. The van der Waals surface area contributed by atoms with Gasteiger partial charge in [-0.2, -0.15) is 23.1 Å². The summed E-state index contributed by atoms with van der Waals surface area (Å²) in [6.07, 6.45) is -1.88. The Morgan fingerprint density at radius 2 is 1.96 bits per heavy atom. The zero-order chi connectivity index (χ0) is 32.1. The minimum Gasteiger partial charge on any atom is -0.490 e. The van der Waals surface area contributed by atoms with E-state index in [1.807, 2.05) is 4.90 Å². The second-order valence-electron chi connectivity index (χ2n) is 13.2.